The van der Waals surface area contributed by atoms with Crippen LogP contribution in [-0.4, -0.2) is 11.9 Å². The summed E-state index contributed by atoms with van der Waals surface area (Å²) in [6, 6.07) is 7.82. The summed E-state index contributed by atoms with van der Waals surface area (Å²) in [5.74, 6) is -0.814. The molecule has 0 aliphatic carbocycles. The maximum absolute atomic E-state index is 13.2. The van der Waals surface area contributed by atoms with Crippen molar-refractivity contribution in [3.63, 3.8) is 0 Å². The zero-order valence-corrected chi connectivity index (χ0v) is 11.3. The molecule has 0 aliphatic heterocycles. The van der Waals surface area contributed by atoms with Crippen LogP contribution < -0.4 is 11.1 Å². The van der Waals surface area contributed by atoms with Crippen LogP contribution in [0.4, 0.5) is 10.1 Å². The third kappa shape index (κ3) is 3.79. The molecule has 0 bridgehead atoms. The molecule has 1 aromatic heterocycles. The van der Waals surface area contributed by atoms with Crippen LogP contribution in [-0.2, 0) is 6.42 Å². The lowest BCUT2D eigenvalue weighted by atomic mass is 10.1. The van der Waals surface area contributed by atoms with Crippen molar-refractivity contribution in [2.24, 2.45) is 0 Å². The van der Waals surface area contributed by atoms with Crippen LogP contribution >= 0.6 is 11.3 Å². The lowest BCUT2D eigenvalue weighted by molar-refractivity contribution is 0.0940. The van der Waals surface area contributed by atoms with Crippen molar-refractivity contribution in [2.45, 2.75) is 19.4 Å². The topological polar surface area (TPSA) is 55.1 Å². The number of carbonyl (C=O) groups is 1. The monoisotopic (exact) mass is 278 g/mol. The van der Waals surface area contributed by atoms with Crippen molar-refractivity contribution >= 4 is 22.9 Å². The number of hydrogen-bond donors (Lipinski definition) is 2. The van der Waals surface area contributed by atoms with Crippen molar-refractivity contribution in [3.05, 3.63) is 52.0 Å². The molecule has 2 aromatic rings. The first-order valence-corrected chi connectivity index (χ1v) is 6.82. The van der Waals surface area contributed by atoms with Gasteiger partial charge in [0.2, 0.25) is 0 Å². The number of thiophene rings is 1. The Balaban J connectivity index is 2.00. The van der Waals surface area contributed by atoms with E-state index in [0.717, 1.165) is 6.42 Å². The first-order valence-electron chi connectivity index (χ1n) is 5.94. The molecular weight excluding hydrogens is 263 g/mol. The van der Waals surface area contributed by atoms with E-state index in [-0.39, 0.29) is 23.2 Å². The van der Waals surface area contributed by atoms with Crippen LogP contribution in [0, 0.1) is 5.82 Å². The molecule has 3 N–H and O–H groups in total. The minimum Gasteiger partial charge on any atom is -0.399 e. The van der Waals surface area contributed by atoms with E-state index in [0.29, 0.717) is 0 Å². The van der Waals surface area contributed by atoms with Gasteiger partial charge in [-0.3, -0.25) is 4.79 Å². The van der Waals surface area contributed by atoms with Crippen LogP contribution in [0.5, 0.6) is 0 Å². The number of nitrogens with one attached hydrogen (secondary N) is 1. The average molecular weight is 278 g/mol. The maximum atomic E-state index is 13.2. The Bertz CT molecular complexity index is 549. The van der Waals surface area contributed by atoms with Gasteiger partial charge in [0.05, 0.1) is 0 Å². The van der Waals surface area contributed by atoms with E-state index in [1.165, 1.54) is 23.1 Å². The number of nitrogen functional groups attached to an aromatic ring is 1. The molecule has 1 aromatic carbocycles. The summed E-state index contributed by atoms with van der Waals surface area (Å²) in [5, 5.41) is 4.83. The Morgan fingerprint density at radius 1 is 1.47 bits per heavy atom. The van der Waals surface area contributed by atoms with Gasteiger partial charge in [0.15, 0.2) is 0 Å². The molecule has 1 heterocycles. The van der Waals surface area contributed by atoms with Crippen molar-refractivity contribution in [3.8, 4) is 0 Å². The second kappa shape index (κ2) is 5.84. The lowest BCUT2D eigenvalue weighted by Crippen LogP contribution is -2.34. The zero-order chi connectivity index (χ0) is 13.8. The quantitative estimate of drug-likeness (QED) is 0.845. The largest absolute Gasteiger partial charge is 0.399 e. The molecule has 2 rings (SSSR count). The molecule has 0 fully saturated rings. The van der Waals surface area contributed by atoms with Gasteiger partial charge in [0.25, 0.3) is 5.91 Å². The highest BCUT2D eigenvalue weighted by Gasteiger charge is 2.12. The molecule has 0 saturated heterocycles. The summed E-state index contributed by atoms with van der Waals surface area (Å²) >= 11 is 1.65. The highest BCUT2D eigenvalue weighted by atomic mass is 32.1. The van der Waals surface area contributed by atoms with Gasteiger partial charge in [-0.25, -0.2) is 4.39 Å². The van der Waals surface area contributed by atoms with Crippen LogP contribution in [0.1, 0.15) is 22.2 Å². The second-order valence-electron chi connectivity index (χ2n) is 4.43. The fourth-order valence-corrected chi connectivity index (χ4v) is 2.67. The Hall–Kier alpha value is -1.88. The molecule has 0 aliphatic rings. The number of nitrogens with two attached hydrogens (primary N) is 1. The van der Waals surface area contributed by atoms with Gasteiger partial charge in [-0.05, 0) is 36.6 Å². The summed E-state index contributed by atoms with van der Waals surface area (Å²) in [6.45, 7) is 1.92. The summed E-state index contributed by atoms with van der Waals surface area (Å²) in [6.07, 6.45) is 0.758. The average Bonchev–Trinajstić information content (AvgIpc) is 2.80. The van der Waals surface area contributed by atoms with Crippen LogP contribution in [0.15, 0.2) is 35.7 Å². The Morgan fingerprint density at radius 2 is 2.26 bits per heavy atom. The smallest absolute Gasteiger partial charge is 0.251 e. The number of benzene rings is 1. The highest BCUT2D eigenvalue weighted by Crippen LogP contribution is 2.13. The van der Waals surface area contributed by atoms with Gasteiger partial charge in [0.1, 0.15) is 5.82 Å². The van der Waals surface area contributed by atoms with Gasteiger partial charge in [-0.15, -0.1) is 11.3 Å². The van der Waals surface area contributed by atoms with Crippen molar-refractivity contribution in [1.29, 1.82) is 0 Å². The number of hydrogen-bond acceptors (Lipinski definition) is 3. The molecule has 0 saturated carbocycles. The number of carbonyl (C=O) groups excluding carboxylic acids is 1. The van der Waals surface area contributed by atoms with E-state index in [2.05, 4.69) is 5.32 Å². The highest BCUT2D eigenvalue weighted by molar-refractivity contribution is 7.09. The fraction of sp³-hybridized carbons (Fsp3) is 0.214. The molecule has 0 radical (unpaired) electrons. The van der Waals surface area contributed by atoms with E-state index >= 15 is 0 Å². The minimum absolute atomic E-state index is 0.0179. The van der Waals surface area contributed by atoms with Gasteiger partial charge >= 0.3 is 0 Å². The Labute approximate surface area is 115 Å². The molecule has 1 amide bonds. The first-order chi connectivity index (χ1) is 9.04. The van der Waals surface area contributed by atoms with Gasteiger partial charge in [0, 0.05) is 28.6 Å². The maximum Gasteiger partial charge on any atom is 0.251 e. The number of amides is 1. The molecule has 0 spiro atoms. The predicted octanol–water partition coefficient (Wildman–Crippen LogP) is 2.83. The normalized spacial score (nSPS) is 12.1. The Morgan fingerprint density at radius 3 is 2.89 bits per heavy atom. The van der Waals surface area contributed by atoms with Gasteiger partial charge < -0.3 is 11.1 Å². The van der Waals surface area contributed by atoms with E-state index < -0.39 is 5.82 Å². The van der Waals surface area contributed by atoms with Crippen LogP contribution in [0.2, 0.25) is 0 Å². The van der Waals surface area contributed by atoms with E-state index in [1.54, 1.807) is 11.3 Å². The molecule has 19 heavy (non-hydrogen) atoms. The van der Waals surface area contributed by atoms with Gasteiger partial charge in [-0.1, -0.05) is 6.07 Å². The molecule has 5 heteroatoms. The van der Waals surface area contributed by atoms with E-state index in [1.807, 2.05) is 24.4 Å². The van der Waals surface area contributed by atoms with Crippen molar-refractivity contribution < 1.29 is 9.18 Å². The first kappa shape index (κ1) is 13.5. The minimum atomic E-state index is -0.504. The third-order valence-corrected chi connectivity index (χ3v) is 3.55. The summed E-state index contributed by atoms with van der Waals surface area (Å²) in [7, 11) is 0. The molecule has 1 unspecified atom stereocenters. The Kier molecular flexibility index (Phi) is 4.16. The van der Waals surface area contributed by atoms with E-state index in [9.17, 15) is 9.18 Å². The molecule has 1 atom stereocenters. The molecular formula is C14H15FN2OS. The standard InChI is InChI=1S/C14H15FN2OS/c1-9(5-13-3-2-4-19-13)17-14(18)10-6-11(15)8-12(16)7-10/h2-4,6-9H,5,16H2,1H3,(H,17,18). The number of anilines is 1. The third-order valence-electron chi connectivity index (χ3n) is 2.65. The number of halogens is 1. The summed E-state index contributed by atoms with van der Waals surface area (Å²) in [4.78, 5) is 13.2. The van der Waals surface area contributed by atoms with Crippen LogP contribution in [0.3, 0.4) is 0 Å². The second-order valence-corrected chi connectivity index (χ2v) is 5.46. The molecule has 100 valence electrons. The lowest BCUT2D eigenvalue weighted by Gasteiger charge is -2.13. The SMILES string of the molecule is CC(Cc1cccs1)NC(=O)c1cc(N)cc(F)c1. The predicted molar refractivity (Wildman–Crippen MR) is 75.8 cm³/mol. The summed E-state index contributed by atoms with van der Waals surface area (Å²) < 4.78 is 13.2. The van der Waals surface area contributed by atoms with Crippen molar-refractivity contribution in [1.82, 2.24) is 5.32 Å². The van der Waals surface area contributed by atoms with Crippen LogP contribution in [0.25, 0.3) is 0 Å². The van der Waals surface area contributed by atoms with Gasteiger partial charge in [-0.2, -0.15) is 0 Å². The van der Waals surface area contributed by atoms with Crippen molar-refractivity contribution in [2.75, 3.05) is 5.73 Å². The summed E-state index contributed by atoms with van der Waals surface area (Å²) in [5.41, 5.74) is 6.01. The molecule has 3 nitrogen and oxygen atoms in total. The fourth-order valence-electron chi connectivity index (χ4n) is 1.83. The number of rotatable bonds is 4. The van der Waals surface area contributed by atoms with E-state index in [4.69, 9.17) is 5.73 Å². The zero-order valence-electron chi connectivity index (χ0n) is 10.5.